The van der Waals surface area contributed by atoms with Crippen LogP contribution in [0.15, 0.2) is 36.4 Å². The Morgan fingerprint density at radius 2 is 1.90 bits per heavy atom. The number of benzene rings is 1. The number of anilines is 1. The molecule has 0 unspecified atom stereocenters. The number of aryl methyl sites for hydroxylation is 1. The first kappa shape index (κ1) is 14.8. The Hall–Kier alpha value is -2.56. The predicted octanol–water partition coefficient (Wildman–Crippen LogP) is 2.32. The highest BCUT2D eigenvalue weighted by Gasteiger charge is 2.12. The molecule has 110 valence electrons. The molecule has 0 amide bonds. The summed E-state index contributed by atoms with van der Waals surface area (Å²) in [4.78, 5) is 6.50. The van der Waals surface area contributed by atoms with Gasteiger partial charge in [0.05, 0.1) is 12.7 Å². The van der Waals surface area contributed by atoms with Crippen LogP contribution in [0, 0.1) is 12.3 Å². The molecule has 0 aliphatic heterocycles. The summed E-state index contributed by atoms with van der Waals surface area (Å²) in [6.45, 7) is 2.61. The summed E-state index contributed by atoms with van der Waals surface area (Å²) in [5, 5.41) is 7.67. The fourth-order valence-electron chi connectivity index (χ4n) is 2.12. The number of nitrogens with zero attached hydrogens (tertiary/aromatic N) is 2. The Labute approximate surface area is 124 Å². The van der Waals surface area contributed by atoms with Crippen molar-refractivity contribution >= 4 is 11.7 Å². The van der Waals surface area contributed by atoms with Crippen molar-refractivity contribution in [2.24, 2.45) is 5.73 Å². The second kappa shape index (κ2) is 6.26. The molecule has 0 aliphatic carbocycles. The topological polar surface area (TPSA) is 75.2 Å². The summed E-state index contributed by atoms with van der Waals surface area (Å²) in [5.41, 5.74) is 8.32. The fraction of sp³-hybridized carbons (Fsp3) is 0.250. The Kier molecular flexibility index (Phi) is 4.42. The van der Waals surface area contributed by atoms with Crippen molar-refractivity contribution in [1.29, 1.82) is 5.41 Å². The van der Waals surface area contributed by atoms with Crippen LogP contribution in [0.3, 0.4) is 0 Å². The van der Waals surface area contributed by atoms with E-state index in [4.69, 9.17) is 15.9 Å². The number of aromatic nitrogens is 1. The summed E-state index contributed by atoms with van der Waals surface area (Å²) in [5.74, 6) is 1.58. The molecule has 21 heavy (non-hydrogen) atoms. The van der Waals surface area contributed by atoms with Gasteiger partial charge in [0.15, 0.2) is 0 Å². The van der Waals surface area contributed by atoms with Gasteiger partial charge >= 0.3 is 0 Å². The van der Waals surface area contributed by atoms with Crippen LogP contribution in [-0.4, -0.2) is 25.0 Å². The molecular formula is C16H20N4O. The molecule has 0 atom stereocenters. The minimum Gasteiger partial charge on any atom is -0.497 e. The molecule has 3 N–H and O–H groups in total. The van der Waals surface area contributed by atoms with E-state index in [2.05, 4.69) is 4.98 Å². The van der Waals surface area contributed by atoms with Crippen LogP contribution in [0.1, 0.15) is 16.8 Å². The van der Waals surface area contributed by atoms with Crippen molar-refractivity contribution in [2.45, 2.75) is 13.5 Å². The molecule has 0 bridgehead atoms. The van der Waals surface area contributed by atoms with E-state index in [9.17, 15) is 0 Å². The van der Waals surface area contributed by atoms with Crippen molar-refractivity contribution in [3.63, 3.8) is 0 Å². The van der Waals surface area contributed by atoms with Gasteiger partial charge in [-0.3, -0.25) is 5.41 Å². The first-order chi connectivity index (χ1) is 10.0. The molecule has 1 heterocycles. The number of hydrogen-bond donors (Lipinski definition) is 2. The highest BCUT2D eigenvalue weighted by molar-refractivity contribution is 5.99. The van der Waals surface area contributed by atoms with Crippen molar-refractivity contribution < 1.29 is 4.74 Å². The Balaban J connectivity index is 2.24. The number of nitrogens with one attached hydrogen (secondary N) is 1. The maximum atomic E-state index is 7.67. The van der Waals surface area contributed by atoms with Gasteiger partial charge in [-0.1, -0.05) is 12.1 Å². The van der Waals surface area contributed by atoms with Crippen LogP contribution in [0.5, 0.6) is 5.75 Å². The zero-order chi connectivity index (χ0) is 15.4. The third kappa shape index (κ3) is 3.51. The van der Waals surface area contributed by atoms with Gasteiger partial charge in [0.2, 0.25) is 0 Å². The number of ether oxygens (including phenoxy) is 1. The zero-order valence-corrected chi connectivity index (χ0v) is 12.6. The van der Waals surface area contributed by atoms with E-state index in [0.29, 0.717) is 12.1 Å². The van der Waals surface area contributed by atoms with E-state index >= 15 is 0 Å². The number of pyridine rings is 1. The van der Waals surface area contributed by atoms with Crippen LogP contribution < -0.4 is 15.4 Å². The summed E-state index contributed by atoms with van der Waals surface area (Å²) in [6.07, 6.45) is 0. The van der Waals surface area contributed by atoms with Crippen molar-refractivity contribution in [3.8, 4) is 5.75 Å². The second-order valence-corrected chi connectivity index (χ2v) is 4.94. The third-order valence-corrected chi connectivity index (χ3v) is 3.24. The average Bonchev–Trinajstić information content (AvgIpc) is 2.47. The fourth-order valence-corrected chi connectivity index (χ4v) is 2.12. The van der Waals surface area contributed by atoms with E-state index < -0.39 is 0 Å². The lowest BCUT2D eigenvalue weighted by atomic mass is 10.1. The minimum atomic E-state index is 0.0269. The summed E-state index contributed by atoms with van der Waals surface area (Å²) in [7, 11) is 3.59. The SMILES string of the molecule is COc1ccc(CN(C)c2nc(C)ccc2C(=N)N)cc1. The van der Waals surface area contributed by atoms with Crippen LogP contribution in [-0.2, 0) is 6.54 Å². The van der Waals surface area contributed by atoms with Gasteiger partial charge < -0.3 is 15.4 Å². The quantitative estimate of drug-likeness (QED) is 0.652. The van der Waals surface area contributed by atoms with Crippen molar-refractivity contribution in [2.75, 3.05) is 19.1 Å². The van der Waals surface area contributed by atoms with Gasteiger partial charge in [-0.2, -0.15) is 0 Å². The Morgan fingerprint density at radius 1 is 1.24 bits per heavy atom. The maximum absolute atomic E-state index is 7.67. The first-order valence-electron chi connectivity index (χ1n) is 6.67. The molecule has 5 nitrogen and oxygen atoms in total. The maximum Gasteiger partial charge on any atom is 0.139 e. The molecule has 2 aromatic rings. The lowest BCUT2D eigenvalue weighted by molar-refractivity contribution is 0.414. The number of methoxy groups -OCH3 is 1. The van der Waals surface area contributed by atoms with Crippen molar-refractivity contribution in [1.82, 2.24) is 4.98 Å². The Bertz CT molecular complexity index is 637. The molecule has 0 spiro atoms. The van der Waals surface area contributed by atoms with Crippen LogP contribution >= 0.6 is 0 Å². The monoisotopic (exact) mass is 284 g/mol. The van der Waals surface area contributed by atoms with E-state index in [1.54, 1.807) is 7.11 Å². The average molecular weight is 284 g/mol. The van der Waals surface area contributed by atoms with E-state index in [1.165, 1.54) is 0 Å². The van der Waals surface area contributed by atoms with Crippen LogP contribution in [0.25, 0.3) is 0 Å². The van der Waals surface area contributed by atoms with Gasteiger partial charge in [0.25, 0.3) is 0 Å². The molecule has 1 aromatic carbocycles. The number of hydrogen-bond acceptors (Lipinski definition) is 4. The van der Waals surface area contributed by atoms with Gasteiger partial charge in [-0.05, 0) is 36.8 Å². The lowest BCUT2D eigenvalue weighted by Crippen LogP contribution is -2.23. The molecule has 0 fully saturated rings. The normalized spacial score (nSPS) is 10.2. The first-order valence-corrected chi connectivity index (χ1v) is 6.67. The molecule has 2 rings (SSSR count). The number of nitrogens with two attached hydrogens (primary N) is 1. The molecule has 0 radical (unpaired) electrons. The van der Waals surface area contributed by atoms with Crippen LogP contribution in [0.2, 0.25) is 0 Å². The highest BCUT2D eigenvalue weighted by Crippen LogP contribution is 2.20. The number of amidine groups is 1. The molecule has 5 heteroatoms. The van der Waals surface area contributed by atoms with Gasteiger partial charge in [0.1, 0.15) is 17.4 Å². The summed E-state index contributed by atoms with van der Waals surface area (Å²) < 4.78 is 5.15. The zero-order valence-electron chi connectivity index (χ0n) is 12.6. The van der Waals surface area contributed by atoms with Gasteiger partial charge in [-0.15, -0.1) is 0 Å². The number of nitrogen functional groups attached to an aromatic ring is 1. The van der Waals surface area contributed by atoms with Crippen LogP contribution in [0.4, 0.5) is 5.82 Å². The highest BCUT2D eigenvalue weighted by atomic mass is 16.5. The largest absolute Gasteiger partial charge is 0.497 e. The minimum absolute atomic E-state index is 0.0269. The van der Waals surface area contributed by atoms with E-state index in [1.807, 2.05) is 55.3 Å². The van der Waals surface area contributed by atoms with Crippen molar-refractivity contribution in [3.05, 3.63) is 53.2 Å². The summed E-state index contributed by atoms with van der Waals surface area (Å²) >= 11 is 0. The smallest absolute Gasteiger partial charge is 0.139 e. The summed E-state index contributed by atoms with van der Waals surface area (Å²) in [6, 6.07) is 11.6. The standard InChI is InChI=1S/C16H20N4O/c1-11-4-9-14(15(17)18)16(19-11)20(2)10-12-5-7-13(21-3)8-6-12/h4-9H,10H2,1-3H3,(H3,17,18). The molecular weight excluding hydrogens is 264 g/mol. The lowest BCUT2D eigenvalue weighted by Gasteiger charge is -2.21. The molecule has 0 aliphatic rings. The van der Waals surface area contributed by atoms with E-state index in [-0.39, 0.29) is 5.84 Å². The Morgan fingerprint density at radius 3 is 2.48 bits per heavy atom. The molecule has 0 saturated heterocycles. The van der Waals surface area contributed by atoms with E-state index in [0.717, 1.165) is 22.8 Å². The van der Waals surface area contributed by atoms with Gasteiger partial charge in [0, 0.05) is 19.3 Å². The van der Waals surface area contributed by atoms with Gasteiger partial charge in [-0.25, -0.2) is 4.98 Å². The molecule has 1 aromatic heterocycles. The third-order valence-electron chi connectivity index (χ3n) is 3.24. The second-order valence-electron chi connectivity index (χ2n) is 4.94. The predicted molar refractivity (Wildman–Crippen MR) is 85.1 cm³/mol. The molecule has 0 saturated carbocycles. The number of rotatable bonds is 5.